The first-order valence-corrected chi connectivity index (χ1v) is 11.4. The Balaban J connectivity index is 1.91. The van der Waals surface area contributed by atoms with Gasteiger partial charge in [0.1, 0.15) is 22.5 Å². The summed E-state index contributed by atoms with van der Waals surface area (Å²) in [5.41, 5.74) is 7.16. The van der Waals surface area contributed by atoms with Crippen molar-refractivity contribution in [3.05, 3.63) is 39.0 Å². The van der Waals surface area contributed by atoms with Gasteiger partial charge in [0.25, 0.3) is 5.56 Å². The molecule has 32 heavy (non-hydrogen) atoms. The number of nitrogens with two attached hydrogens (primary N) is 1. The molecule has 0 fully saturated rings. The SMILES string of the molecule is CCCCn1c(N)c(N(CCC(C)C)CC(=O)Nc2cccc3nsnc23)c(=O)[nH]c1=O. The topological polar surface area (TPSA) is 139 Å². The maximum atomic E-state index is 12.9. The van der Waals surface area contributed by atoms with Crippen LogP contribution in [-0.2, 0) is 11.3 Å². The zero-order valence-electron chi connectivity index (χ0n) is 18.6. The molecule has 3 rings (SSSR count). The predicted molar refractivity (Wildman–Crippen MR) is 128 cm³/mol. The summed E-state index contributed by atoms with van der Waals surface area (Å²) in [5, 5.41) is 2.86. The van der Waals surface area contributed by atoms with Gasteiger partial charge in [-0.3, -0.25) is 19.1 Å². The number of rotatable bonds is 10. The molecule has 1 aromatic carbocycles. The predicted octanol–water partition coefficient (Wildman–Crippen LogP) is 2.41. The van der Waals surface area contributed by atoms with Crippen LogP contribution >= 0.6 is 11.7 Å². The summed E-state index contributed by atoms with van der Waals surface area (Å²) in [4.78, 5) is 41.9. The van der Waals surface area contributed by atoms with Crippen LogP contribution in [0.3, 0.4) is 0 Å². The number of nitrogen functional groups attached to an aromatic ring is 1. The van der Waals surface area contributed by atoms with E-state index in [9.17, 15) is 14.4 Å². The van der Waals surface area contributed by atoms with Crippen molar-refractivity contribution < 1.29 is 4.79 Å². The van der Waals surface area contributed by atoms with Gasteiger partial charge < -0.3 is 16.0 Å². The van der Waals surface area contributed by atoms with Gasteiger partial charge in [-0.25, -0.2) is 4.79 Å². The number of fused-ring (bicyclic) bond motifs is 1. The third-order valence-electron chi connectivity index (χ3n) is 5.14. The van der Waals surface area contributed by atoms with Gasteiger partial charge in [-0.2, -0.15) is 8.75 Å². The summed E-state index contributed by atoms with van der Waals surface area (Å²) < 4.78 is 9.78. The number of nitrogens with one attached hydrogen (secondary N) is 2. The first-order chi connectivity index (χ1) is 15.3. The lowest BCUT2D eigenvalue weighted by molar-refractivity contribution is -0.115. The van der Waals surface area contributed by atoms with Crippen molar-refractivity contribution in [1.29, 1.82) is 0 Å². The Hall–Kier alpha value is -3.21. The molecule has 0 spiro atoms. The van der Waals surface area contributed by atoms with E-state index in [0.29, 0.717) is 35.7 Å². The molecule has 0 aliphatic rings. The standard InChI is InChI=1S/C21H29N7O3S/c1-4-5-10-28-19(22)18(20(30)24-21(28)31)27(11-9-13(2)3)12-16(29)23-14-7-6-8-15-17(14)26-32-25-15/h6-8,13H,4-5,9-12,22H2,1-3H3,(H,23,29)(H,24,30,31). The minimum absolute atomic E-state index is 0.0783. The highest BCUT2D eigenvalue weighted by Crippen LogP contribution is 2.22. The third kappa shape index (κ3) is 5.34. The number of nitrogens with zero attached hydrogens (tertiary/aromatic N) is 4. The molecule has 1 amide bonds. The average Bonchev–Trinajstić information content (AvgIpc) is 3.21. The number of benzene rings is 1. The highest BCUT2D eigenvalue weighted by molar-refractivity contribution is 7.00. The number of aromatic amines is 1. The van der Waals surface area contributed by atoms with E-state index in [2.05, 4.69) is 32.9 Å². The number of anilines is 3. The van der Waals surface area contributed by atoms with Gasteiger partial charge in [-0.1, -0.05) is 33.3 Å². The van der Waals surface area contributed by atoms with E-state index < -0.39 is 11.2 Å². The van der Waals surface area contributed by atoms with E-state index >= 15 is 0 Å². The number of hydrogen-bond acceptors (Lipinski definition) is 8. The summed E-state index contributed by atoms with van der Waals surface area (Å²) >= 11 is 1.07. The molecule has 3 aromatic rings. The smallest absolute Gasteiger partial charge is 0.330 e. The molecule has 0 atom stereocenters. The number of unbranched alkanes of at least 4 members (excludes halogenated alkanes) is 1. The fourth-order valence-corrected chi connectivity index (χ4v) is 3.92. The summed E-state index contributed by atoms with van der Waals surface area (Å²) in [6.07, 6.45) is 2.36. The third-order valence-corrected chi connectivity index (χ3v) is 5.68. The van der Waals surface area contributed by atoms with E-state index in [1.807, 2.05) is 13.0 Å². The molecule has 10 nitrogen and oxygen atoms in total. The molecule has 0 radical (unpaired) electrons. The Morgan fingerprint density at radius 2 is 2.09 bits per heavy atom. The fourth-order valence-electron chi connectivity index (χ4n) is 3.38. The number of H-pyrrole nitrogens is 1. The molecular weight excluding hydrogens is 430 g/mol. The second-order valence-corrected chi connectivity index (χ2v) is 8.62. The second kappa shape index (κ2) is 10.4. The van der Waals surface area contributed by atoms with Crippen molar-refractivity contribution in [1.82, 2.24) is 18.3 Å². The Morgan fingerprint density at radius 1 is 1.31 bits per heavy atom. The lowest BCUT2D eigenvalue weighted by Crippen LogP contribution is -2.42. The molecule has 2 heterocycles. The highest BCUT2D eigenvalue weighted by Gasteiger charge is 2.22. The first kappa shape index (κ1) is 23.5. The van der Waals surface area contributed by atoms with Crippen molar-refractivity contribution >= 4 is 45.9 Å². The second-order valence-electron chi connectivity index (χ2n) is 8.09. The van der Waals surface area contributed by atoms with Crippen LogP contribution in [-0.4, -0.2) is 37.3 Å². The largest absolute Gasteiger partial charge is 0.383 e. The van der Waals surface area contributed by atoms with Crippen LogP contribution in [0.15, 0.2) is 27.8 Å². The summed E-state index contributed by atoms with van der Waals surface area (Å²) in [5.74, 6) is 0.107. The Kier molecular flexibility index (Phi) is 7.62. The van der Waals surface area contributed by atoms with Crippen LogP contribution in [0.1, 0.15) is 40.0 Å². The maximum absolute atomic E-state index is 12.9. The minimum Gasteiger partial charge on any atom is -0.383 e. The number of hydrogen-bond donors (Lipinski definition) is 3. The fraction of sp³-hybridized carbons (Fsp3) is 0.476. The number of carbonyl (C=O) groups excluding carboxylic acids is 1. The molecule has 0 saturated carbocycles. The van der Waals surface area contributed by atoms with Gasteiger partial charge in [0.15, 0.2) is 0 Å². The van der Waals surface area contributed by atoms with Crippen molar-refractivity contribution in [2.45, 2.75) is 46.6 Å². The summed E-state index contributed by atoms with van der Waals surface area (Å²) in [7, 11) is 0. The molecule has 0 bridgehead atoms. The van der Waals surface area contributed by atoms with Crippen LogP contribution in [0.5, 0.6) is 0 Å². The molecule has 4 N–H and O–H groups in total. The van der Waals surface area contributed by atoms with E-state index in [4.69, 9.17) is 5.73 Å². The summed E-state index contributed by atoms with van der Waals surface area (Å²) in [6, 6.07) is 5.37. The van der Waals surface area contributed by atoms with Crippen molar-refractivity contribution in [2.24, 2.45) is 5.92 Å². The van der Waals surface area contributed by atoms with Crippen LogP contribution in [0, 0.1) is 5.92 Å². The van der Waals surface area contributed by atoms with Crippen LogP contribution < -0.4 is 27.2 Å². The van der Waals surface area contributed by atoms with Gasteiger partial charge in [-0.15, -0.1) is 0 Å². The lowest BCUT2D eigenvalue weighted by atomic mass is 10.1. The zero-order chi connectivity index (χ0) is 23.3. The van der Waals surface area contributed by atoms with Crippen molar-refractivity contribution in [3.63, 3.8) is 0 Å². The Bertz CT molecular complexity index is 1200. The Labute approximate surface area is 189 Å². The maximum Gasteiger partial charge on any atom is 0.330 e. The van der Waals surface area contributed by atoms with E-state index in [1.54, 1.807) is 17.0 Å². The average molecular weight is 460 g/mol. The number of amides is 1. The monoisotopic (exact) mass is 459 g/mol. The Morgan fingerprint density at radius 3 is 2.81 bits per heavy atom. The van der Waals surface area contributed by atoms with E-state index in [1.165, 1.54) is 4.57 Å². The molecule has 11 heteroatoms. The molecule has 0 aliphatic carbocycles. The molecule has 172 valence electrons. The molecule has 2 aromatic heterocycles. The van der Waals surface area contributed by atoms with Crippen LogP contribution in [0.25, 0.3) is 11.0 Å². The zero-order valence-corrected chi connectivity index (χ0v) is 19.4. The van der Waals surface area contributed by atoms with Gasteiger partial charge in [-0.05, 0) is 30.9 Å². The summed E-state index contributed by atoms with van der Waals surface area (Å²) in [6.45, 7) is 6.86. The quantitative estimate of drug-likeness (QED) is 0.423. The van der Waals surface area contributed by atoms with E-state index in [0.717, 1.165) is 31.0 Å². The van der Waals surface area contributed by atoms with Gasteiger partial charge in [0, 0.05) is 13.1 Å². The first-order valence-electron chi connectivity index (χ1n) is 10.7. The van der Waals surface area contributed by atoms with Crippen LogP contribution in [0.2, 0.25) is 0 Å². The van der Waals surface area contributed by atoms with Gasteiger partial charge in [0.05, 0.1) is 24.0 Å². The normalized spacial score (nSPS) is 11.2. The molecule has 0 saturated heterocycles. The van der Waals surface area contributed by atoms with Gasteiger partial charge in [0.2, 0.25) is 5.91 Å². The lowest BCUT2D eigenvalue weighted by Gasteiger charge is -2.26. The number of carbonyl (C=O) groups is 1. The van der Waals surface area contributed by atoms with Gasteiger partial charge >= 0.3 is 5.69 Å². The highest BCUT2D eigenvalue weighted by atomic mass is 32.1. The molecule has 0 aliphatic heterocycles. The molecule has 0 unspecified atom stereocenters. The minimum atomic E-state index is -0.595. The van der Waals surface area contributed by atoms with Crippen molar-refractivity contribution in [2.75, 3.05) is 29.0 Å². The van der Waals surface area contributed by atoms with Crippen LogP contribution in [0.4, 0.5) is 17.2 Å². The molecular formula is C21H29N7O3S. The van der Waals surface area contributed by atoms with Crippen molar-refractivity contribution in [3.8, 4) is 0 Å². The number of aromatic nitrogens is 4. The van der Waals surface area contributed by atoms with E-state index in [-0.39, 0.29) is 24.0 Å².